The zero-order chi connectivity index (χ0) is 17.5. The van der Waals surface area contributed by atoms with Crippen LogP contribution in [-0.2, 0) is 13.1 Å². The molecule has 128 valence electrons. The van der Waals surface area contributed by atoms with Gasteiger partial charge in [-0.2, -0.15) is 11.3 Å². The Kier molecular flexibility index (Phi) is 5.58. The molecule has 0 aliphatic heterocycles. The molecule has 0 saturated heterocycles. The highest BCUT2D eigenvalue weighted by Crippen LogP contribution is 2.22. The van der Waals surface area contributed by atoms with E-state index in [0.29, 0.717) is 13.1 Å². The first-order chi connectivity index (χ1) is 12.3. The maximum atomic E-state index is 12.0. The van der Waals surface area contributed by atoms with E-state index in [2.05, 4.69) is 20.6 Å². The van der Waals surface area contributed by atoms with Crippen LogP contribution in [0.1, 0.15) is 11.3 Å². The van der Waals surface area contributed by atoms with E-state index >= 15 is 0 Å². The van der Waals surface area contributed by atoms with E-state index < -0.39 is 0 Å². The predicted octanol–water partition coefficient (Wildman–Crippen LogP) is 3.21. The van der Waals surface area contributed by atoms with E-state index in [4.69, 9.17) is 4.74 Å². The van der Waals surface area contributed by atoms with Gasteiger partial charge < -0.3 is 15.4 Å². The summed E-state index contributed by atoms with van der Waals surface area (Å²) in [6.07, 6.45) is 3.28. The molecule has 3 aromatic rings. The third kappa shape index (κ3) is 4.54. The van der Waals surface area contributed by atoms with Crippen molar-refractivity contribution < 1.29 is 9.53 Å². The molecule has 25 heavy (non-hydrogen) atoms. The van der Waals surface area contributed by atoms with Gasteiger partial charge in [0.15, 0.2) is 0 Å². The number of hydrogen-bond donors (Lipinski definition) is 2. The molecule has 6 nitrogen and oxygen atoms in total. The summed E-state index contributed by atoms with van der Waals surface area (Å²) in [7, 11) is 1.62. The second-order valence-corrected chi connectivity index (χ2v) is 6.03. The van der Waals surface area contributed by atoms with Crippen LogP contribution in [0.25, 0.3) is 11.3 Å². The fourth-order valence-corrected chi connectivity index (χ4v) is 2.93. The predicted molar refractivity (Wildman–Crippen MR) is 97.4 cm³/mol. The highest BCUT2D eigenvalue weighted by atomic mass is 32.1. The SMILES string of the molecule is COc1ccc(CNC(=O)NCc2nccnc2-c2ccsc2)cc1. The Morgan fingerprint density at radius 1 is 1.08 bits per heavy atom. The van der Waals surface area contributed by atoms with Crippen LogP contribution in [0.4, 0.5) is 4.79 Å². The third-order valence-corrected chi connectivity index (χ3v) is 4.28. The molecule has 2 amide bonds. The van der Waals surface area contributed by atoms with Gasteiger partial charge in [0.25, 0.3) is 0 Å². The van der Waals surface area contributed by atoms with Gasteiger partial charge in [-0.05, 0) is 29.1 Å². The summed E-state index contributed by atoms with van der Waals surface area (Å²) >= 11 is 1.60. The van der Waals surface area contributed by atoms with Crippen molar-refractivity contribution >= 4 is 17.4 Å². The Bertz CT molecular complexity index is 819. The lowest BCUT2D eigenvalue weighted by molar-refractivity contribution is 0.240. The topological polar surface area (TPSA) is 76.1 Å². The van der Waals surface area contributed by atoms with Gasteiger partial charge in [0.2, 0.25) is 0 Å². The average Bonchev–Trinajstić information content (AvgIpc) is 3.20. The summed E-state index contributed by atoms with van der Waals surface area (Å²) in [6, 6.07) is 9.29. The van der Waals surface area contributed by atoms with Gasteiger partial charge in [-0.1, -0.05) is 12.1 Å². The summed E-state index contributed by atoms with van der Waals surface area (Å²) in [6.45, 7) is 0.751. The molecule has 2 aromatic heterocycles. The molecule has 7 heteroatoms. The van der Waals surface area contributed by atoms with Gasteiger partial charge in [0, 0.05) is 29.9 Å². The van der Waals surface area contributed by atoms with Crippen LogP contribution in [0, 0.1) is 0 Å². The average molecular weight is 354 g/mol. The largest absolute Gasteiger partial charge is 0.497 e. The van der Waals surface area contributed by atoms with Gasteiger partial charge >= 0.3 is 6.03 Å². The lowest BCUT2D eigenvalue weighted by Crippen LogP contribution is -2.34. The Morgan fingerprint density at radius 3 is 2.56 bits per heavy atom. The van der Waals surface area contributed by atoms with Crippen molar-refractivity contribution in [2.24, 2.45) is 0 Å². The quantitative estimate of drug-likeness (QED) is 0.713. The number of carbonyl (C=O) groups excluding carboxylic acids is 1. The number of amides is 2. The maximum Gasteiger partial charge on any atom is 0.315 e. The van der Waals surface area contributed by atoms with Gasteiger partial charge in [-0.25, -0.2) is 4.79 Å². The Balaban J connectivity index is 1.54. The smallest absolute Gasteiger partial charge is 0.315 e. The van der Waals surface area contributed by atoms with Crippen molar-refractivity contribution in [3.05, 3.63) is 64.7 Å². The molecule has 0 atom stereocenters. The summed E-state index contributed by atoms with van der Waals surface area (Å²) in [5.41, 5.74) is 3.53. The number of hydrogen-bond acceptors (Lipinski definition) is 5. The minimum Gasteiger partial charge on any atom is -0.497 e. The van der Waals surface area contributed by atoms with Crippen molar-refractivity contribution in [1.29, 1.82) is 0 Å². The Hall–Kier alpha value is -2.93. The lowest BCUT2D eigenvalue weighted by Gasteiger charge is -2.10. The van der Waals surface area contributed by atoms with Crippen molar-refractivity contribution in [1.82, 2.24) is 20.6 Å². The first-order valence-electron chi connectivity index (χ1n) is 7.73. The number of methoxy groups -OCH3 is 1. The second kappa shape index (κ2) is 8.25. The molecular weight excluding hydrogens is 336 g/mol. The van der Waals surface area contributed by atoms with E-state index in [0.717, 1.165) is 28.3 Å². The van der Waals surface area contributed by atoms with E-state index in [1.54, 1.807) is 30.8 Å². The molecule has 2 heterocycles. The van der Waals surface area contributed by atoms with Crippen LogP contribution in [0.5, 0.6) is 5.75 Å². The van der Waals surface area contributed by atoms with Crippen molar-refractivity contribution in [2.75, 3.05) is 7.11 Å². The van der Waals surface area contributed by atoms with Gasteiger partial charge in [-0.15, -0.1) is 0 Å². The van der Waals surface area contributed by atoms with Crippen molar-refractivity contribution in [3.63, 3.8) is 0 Å². The molecule has 0 saturated carbocycles. The van der Waals surface area contributed by atoms with Crippen LogP contribution in [0.3, 0.4) is 0 Å². The Labute approximate surface area is 149 Å². The minimum atomic E-state index is -0.252. The fraction of sp³-hybridized carbons (Fsp3) is 0.167. The first kappa shape index (κ1) is 16.9. The molecule has 0 spiro atoms. The number of nitrogens with one attached hydrogen (secondary N) is 2. The number of rotatable bonds is 6. The van der Waals surface area contributed by atoms with Gasteiger partial charge in [0.1, 0.15) is 5.75 Å². The van der Waals surface area contributed by atoms with Crippen molar-refractivity contribution in [3.8, 4) is 17.0 Å². The summed E-state index contributed by atoms with van der Waals surface area (Å²) in [4.78, 5) is 20.7. The normalized spacial score (nSPS) is 10.3. The number of nitrogens with zero attached hydrogens (tertiary/aromatic N) is 2. The fourth-order valence-electron chi connectivity index (χ4n) is 2.29. The van der Waals surface area contributed by atoms with Gasteiger partial charge in [0.05, 0.1) is 25.0 Å². The monoisotopic (exact) mass is 354 g/mol. The molecular formula is C18H18N4O2S. The number of thiophene rings is 1. The van der Waals surface area contributed by atoms with Gasteiger partial charge in [-0.3, -0.25) is 9.97 Å². The minimum absolute atomic E-state index is 0.252. The summed E-state index contributed by atoms with van der Waals surface area (Å²) in [5.74, 6) is 0.789. The van der Waals surface area contributed by atoms with Crippen molar-refractivity contribution in [2.45, 2.75) is 13.1 Å². The summed E-state index contributed by atoms with van der Waals surface area (Å²) < 4.78 is 5.11. The molecule has 1 aromatic carbocycles. The van der Waals surface area contributed by atoms with Crippen LogP contribution < -0.4 is 15.4 Å². The zero-order valence-corrected chi connectivity index (χ0v) is 14.5. The number of ether oxygens (including phenoxy) is 1. The van der Waals surface area contributed by atoms with E-state index in [9.17, 15) is 4.79 Å². The molecule has 0 fully saturated rings. The number of aromatic nitrogens is 2. The molecule has 3 rings (SSSR count). The van der Waals surface area contributed by atoms with Crippen LogP contribution >= 0.6 is 11.3 Å². The number of urea groups is 1. The Morgan fingerprint density at radius 2 is 1.84 bits per heavy atom. The highest BCUT2D eigenvalue weighted by Gasteiger charge is 2.09. The van der Waals surface area contributed by atoms with Crippen LogP contribution in [0.2, 0.25) is 0 Å². The molecule has 0 radical (unpaired) electrons. The van der Waals surface area contributed by atoms with Crippen LogP contribution in [-0.4, -0.2) is 23.1 Å². The standard InChI is InChI=1S/C18H18N4O2S/c1-24-15-4-2-13(3-5-15)10-21-18(23)22-11-16-17(20-8-7-19-16)14-6-9-25-12-14/h2-9,12H,10-11H2,1H3,(H2,21,22,23). The molecule has 0 unspecified atom stereocenters. The molecule has 0 aliphatic rings. The first-order valence-corrected chi connectivity index (χ1v) is 8.67. The zero-order valence-electron chi connectivity index (χ0n) is 13.7. The maximum absolute atomic E-state index is 12.0. The third-order valence-electron chi connectivity index (χ3n) is 3.60. The number of carbonyl (C=O) groups is 1. The van der Waals surface area contributed by atoms with E-state index in [1.165, 1.54) is 0 Å². The molecule has 0 aliphatic carbocycles. The second-order valence-electron chi connectivity index (χ2n) is 5.25. The molecule has 2 N–H and O–H groups in total. The highest BCUT2D eigenvalue weighted by molar-refractivity contribution is 7.08. The van der Waals surface area contributed by atoms with E-state index in [-0.39, 0.29) is 6.03 Å². The summed E-state index contributed by atoms with van der Waals surface area (Å²) in [5, 5.41) is 9.64. The van der Waals surface area contributed by atoms with Crippen LogP contribution in [0.15, 0.2) is 53.5 Å². The lowest BCUT2D eigenvalue weighted by atomic mass is 10.2. The molecule has 0 bridgehead atoms. The number of benzene rings is 1. The van der Waals surface area contributed by atoms with E-state index in [1.807, 2.05) is 41.1 Å².